The quantitative estimate of drug-likeness (QED) is 0.912. The van der Waals surface area contributed by atoms with Crippen molar-refractivity contribution in [2.45, 2.75) is 32.2 Å². The fourth-order valence-electron chi connectivity index (χ4n) is 1.21. The lowest BCUT2D eigenvalue weighted by Crippen LogP contribution is -2.28. The molecule has 1 aromatic rings. The molecule has 98 valence electrons. The van der Waals surface area contributed by atoms with Crippen LogP contribution in [-0.4, -0.2) is 12.3 Å². The number of benzene rings is 1. The molecule has 0 saturated heterocycles. The fourth-order valence-corrected chi connectivity index (χ4v) is 1.21. The van der Waals surface area contributed by atoms with Gasteiger partial charge < -0.3 is 10.5 Å². The minimum atomic E-state index is -4.42. The third-order valence-corrected chi connectivity index (χ3v) is 1.96. The van der Waals surface area contributed by atoms with E-state index in [9.17, 15) is 13.2 Å². The topological polar surface area (TPSA) is 35.2 Å². The molecule has 0 spiro atoms. The molecular formula is C11H15ClF3NO. The highest BCUT2D eigenvalue weighted by Crippen LogP contribution is 2.31. The van der Waals surface area contributed by atoms with Crippen molar-refractivity contribution in [3.8, 4) is 5.75 Å². The molecule has 0 aliphatic carbocycles. The van der Waals surface area contributed by atoms with Gasteiger partial charge in [-0.2, -0.15) is 13.2 Å². The van der Waals surface area contributed by atoms with Gasteiger partial charge in [-0.05, 0) is 31.5 Å². The lowest BCUT2D eigenvalue weighted by Gasteiger charge is -2.16. The van der Waals surface area contributed by atoms with Crippen LogP contribution in [0.4, 0.5) is 13.2 Å². The van der Waals surface area contributed by atoms with E-state index < -0.39 is 12.2 Å². The number of hydrogen-bond acceptors (Lipinski definition) is 2. The molecule has 0 fully saturated rings. The van der Waals surface area contributed by atoms with Crippen LogP contribution in [0, 0.1) is 0 Å². The predicted octanol–water partition coefficient (Wildman–Crippen LogP) is 3.46. The third kappa shape index (κ3) is 4.83. The first kappa shape index (κ1) is 16.1. The number of halogens is 4. The molecule has 0 amide bonds. The Morgan fingerprint density at radius 3 is 1.94 bits per heavy atom. The summed E-state index contributed by atoms with van der Waals surface area (Å²) in [5.41, 5.74) is 5.09. The van der Waals surface area contributed by atoms with Crippen LogP contribution in [-0.2, 0) is 0 Å². The van der Waals surface area contributed by atoms with Crippen LogP contribution in [0.5, 0.6) is 5.75 Å². The summed E-state index contributed by atoms with van der Waals surface area (Å²) < 4.78 is 42.2. The van der Waals surface area contributed by atoms with Crippen LogP contribution in [0.15, 0.2) is 24.3 Å². The zero-order valence-corrected chi connectivity index (χ0v) is 10.3. The first-order chi connectivity index (χ1) is 7.30. The molecule has 1 aromatic carbocycles. The second-order valence-electron chi connectivity index (χ2n) is 3.75. The smallest absolute Gasteiger partial charge is 0.407 e. The summed E-state index contributed by atoms with van der Waals surface area (Å²) in [5, 5.41) is 0. The summed E-state index contributed by atoms with van der Waals surface area (Å²) in [6, 6.07) is 3.69. The number of ether oxygens (including phenoxy) is 1. The van der Waals surface area contributed by atoms with Gasteiger partial charge in [0.2, 0.25) is 0 Å². The van der Waals surface area contributed by atoms with Crippen molar-refractivity contribution >= 4 is 12.4 Å². The van der Waals surface area contributed by atoms with Crippen molar-refractivity contribution < 1.29 is 17.9 Å². The summed E-state index contributed by atoms with van der Waals surface area (Å²) in [7, 11) is 0. The summed E-state index contributed by atoms with van der Waals surface area (Å²) in [5.74, 6) is 0.535. The van der Waals surface area contributed by atoms with Gasteiger partial charge in [-0.3, -0.25) is 0 Å². The molecule has 1 atom stereocenters. The molecule has 0 saturated carbocycles. The average Bonchev–Trinajstić information content (AvgIpc) is 2.15. The van der Waals surface area contributed by atoms with Gasteiger partial charge in [0.25, 0.3) is 0 Å². The maximum atomic E-state index is 12.3. The lowest BCUT2D eigenvalue weighted by atomic mass is 10.1. The van der Waals surface area contributed by atoms with Crippen molar-refractivity contribution in [3.63, 3.8) is 0 Å². The van der Waals surface area contributed by atoms with E-state index in [4.69, 9.17) is 10.5 Å². The molecule has 17 heavy (non-hydrogen) atoms. The monoisotopic (exact) mass is 269 g/mol. The molecule has 0 bridgehead atoms. The second-order valence-corrected chi connectivity index (χ2v) is 3.75. The minimum absolute atomic E-state index is 0. The highest BCUT2D eigenvalue weighted by Gasteiger charge is 2.37. The molecule has 2 nitrogen and oxygen atoms in total. The van der Waals surface area contributed by atoms with Crippen molar-refractivity contribution in [3.05, 3.63) is 29.8 Å². The van der Waals surface area contributed by atoms with E-state index in [0.717, 1.165) is 0 Å². The highest BCUT2D eigenvalue weighted by molar-refractivity contribution is 5.85. The summed E-state index contributed by atoms with van der Waals surface area (Å²) >= 11 is 0. The Hall–Kier alpha value is -0.940. The normalized spacial score (nSPS) is 13.1. The Labute approximate surface area is 104 Å². The van der Waals surface area contributed by atoms with Crippen molar-refractivity contribution in [1.29, 1.82) is 0 Å². The van der Waals surface area contributed by atoms with Gasteiger partial charge >= 0.3 is 6.18 Å². The van der Waals surface area contributed by atoms with Crippen molar-refractivity contribution in [1.82, 2.24) is 0 Å². The number of nitrogens with two attached hydrogens (primary N) is 1. The standard InChI is InChI=1S/C11H14F3NO.ClH/c1-7(2)16-9-5-3-8(4-6-9)10(15)11(12,13)14;/h3-7,10H,15H2,1-2H3;1H/t10-;/m0./s1. The van der Waals surface area contributed by atoms with E-state index in [-0.39, 0.29) is 24.1 Å². The van der Waals surface area contributed by atoms with E-state index in [1.165, 1.54) is 24.3 Å². The largest absolute Gasteiger partial charge is 0.491 e. The van der Waals surface area contributed by atoms with Gasteiger partial charge in [0.15, 0.2) is 0 Å². The SMILES string of the molecule is CC(C)Oc1ccc([C@H](N)C(F)(F)F)cc1.Cl. The lowest BCUT2D eigenvalue weighted by molar-refractivity contribution is -0.149. The molecule has 0 radical (unpaired) electrons. The first-order valence-electron chi connectivity index (χ1n) is 4.89. The van der Waals surface area contributed by atoms with Gasteiger partial charge in [0, 0.05) is 0 Å². The van der Waals surface area contributed by atoms with E-state index in [1.54, 1.807) is 0 Å². The Morgan fingerprint density at radius 1 is 1.12 bits per heavy atom. The molecule has 0 unspecified atom stereocenters. The van der Waals surface area contributed by atoms with E-state index in [0.29, 0.717) is 5.75 Å². The molecule has 6 heteroatoms. The first-order valence-corrected chi connectivity index (χ1v) is 4.89. The van der Waals surface area contributed by atoms with Crippen molar-refractivity contribution in [2.75, 3.05) is 0 Å². The van der Waals surface area contributed by atoms with E-state index >= 15 is 0 Å². The Balaban J connectivity index is 0.00000256. The minimum Gasteiger partial charge on any atom is -0.491 e. The Bertz CT molecular complexity index is 338. The highest BCUT2D eigenvalue weighted by atomic mass is 35.5. The predicted molar refractivity (Wildman–Crippen MR) is 62.4 cm³/mol. The summed E-state index contributed by atoms with van der Waals surface area (Å²) in [6.45, 7) is 3.69. The molecular weight excluding hydrogens is 255 g/mol. The molecule has 0 aliphatic heterocycles. The summed E-state index contributed by atoms with van der Waals surface area (Å²) in [6.07, 6.45) is -4.43. The third-order valence-electron chi connectivity index (χ3n) is 1.96. The number of alkyl halides is 3. The average molecular weight is 270 g/mol. The van der Waals surface area contributed by atoms with Gasteiger partial charge in [0.05, 0.1) is 6.10 Å². The van der Waals surface area contributed by atoms with Crippen molar-refractivity contribution in [2.24, 2.45) is 5.73 Å². The van der Waals surface area contributed by atoms with Crippen LogP contribution in [0.2, 0.25) is 0 Å². The van der Waals surface area contributed by atoms with Crippen LogP contribution in [0.3, 0.4) is 0 Å². The van der Waals surface area contributed by atoms with Crippen LogP contribution in [0.25, 0.3) is 0 Å². The Kier molecular flexibility index (Phi) is 5.78. The van der Waals surface area contributed by atoms with Gasteiger partial charge in [-0.1, -0.05) is 12.1 Å². The second kappa shape index (κ2) is 6.12. The number of rotatable bonds is 3. The van der Waals surface area contributed by atoms with Gasteiger partial charge in [-0.15, -0.1) is 12.4 Å². The van der Waals surface area contributed by atoms with Crippen LogP contribution < -0.4 is 10.5 Å². The maximum absolute atomic E-state index is 12.3. The fraction of sp³-hybridized carbons (Fsp3) is 0.455. The van der Waals surface area contributed by atoms with E-state index in [1.807, 2.05) is 13.8 Å². The molecule has 0 heterocycles. The van der Waals surface area contributed by atoms with E-state index in [2.05, 4.69) is 0 Å². The Morgan fingerprint density at radius 2 is 1.59 bits per heavy atom. The van der Waals surface area contributed by atoms with Crippen LogP contribution >= 0.6 is 12.4 Å². The molecule has 2 N–H and O–H groups in total. The zero-order valence-electron chi connectivity index (χ0n) is 9.49. The number of hydrogen-bond donors (Lipinski definition) is 1. The molecule has 1 rings (SSSR count). The summed E-state index contributed by atoms with van der Waals surface area (Å²) in [4.78, 5) is 0. The molecule has 0 aliphatic rings. The van der Waals surface area contributed by atoms with Gasteiger partial charge in [0.1, 0.15) is 11.8 Å². The molecule has 0 aromatic heterocycles. The maximum Gasteiger partial charge on any atom is 0.407 e. The van der Waals surface area contributed by atoms with Crippen LogP contribution in [0.1, 0.15) is 25.5 Å². The zero-order chi connectivity index (χ0) is 12.3. The van der Waals surface area contributed by atoms with Gasteiger partial charge in [-0.25, -0.2) is 0 Å².